The molecule has 0 radical (unpaired) electrons. The van der Waals surface area contributed by atoms with Crippen LogP contribution in [-0.4, -0.2) is 4.98 Å². The predicted octanol–water partition coefficient (Wildman–Crippen LogP) is 5.39. The Kier molecular flexibility index (Phi) is 4.18. The van der Waals surface area contributed by atoms with Crippen molar-refractivity contribution in [3.8, 4) is 11.1 Å². The summed E-state index contributed by atoms with van der Waals surface area (Å²) < 4.78 is 77.8. The van der Waals surface area contributed by atoms with Crippen molar-refractivity contribution in [2.45, 2.75) is 12.4 Å². The summed E-state index contributed by atoms with van der Waals surface area (Å²) in [4.78, 5) is 3.51. The fraction of sp³-hybridized carbons (Fsp3) is 0.154. The van der Waals surface area contributed by atoms with E-state index in [1.807, 2.05) is 0 Å². The normalized spacial score (nSPS) is 12.5. The maximum absolute atomic E-state index is 13.1. The van der Waals surface area contributed by atoms with Crippen LogP contribution in [0.25, 0.3) is 11.1 Å². The number of alkyl halides is 6. The number of nitrogens with zero attached hydrogens (tertiary/aromatic N) is 1. The SMILES string of the molecule is FC(F)(F)c1ccccc1-c1ccnc(I)c1C(F)(F)F. The lowest BCUT2D eigenvalue weighted by Gasteiger charge is -2.17. The van der Waals surface area contributed by atoms with Gasteiger partial charge in [0.1, 0.15) is 3.70 Å². The quantitative estimate of drug-likeness (QED) is 0.345. The molecule has 0 unspecified atom stereocenters. The monoisotopic (exact) mass is 417 g/mol. The largest absolute Gasteiger partial charge is 0.419 e. The number of halogens is 7. The highest BCUT2D eigenvalue weighted by Gasteiger charge is 2.39. The zero-order chi connectivity index (χ0) is 15.8. The minimum absolute atomic E-state index is 0.394. The first-order chi connectivity index (χ1) is 9.62. The van der Waals surface area contributed by atoms with Gasteiger partial charge in [-0.15, -0.1) is 0 Å². The van der Waals surface area contributed by atoms with Crippen molar-refractivity contribution in [3.05, 3.63) is 51.4 Å². The van der Waals surface area contributed by atoms with E-state index in [2.05, 4.69) is 4.98 Å². The first kappa shape index (κ1) is 16.1. The molecule has 0 fully saturated rings. The van der Waals surface area contributed by atoms with Crippen molar-refractivity contribution in [3.63, 3.8) is 0 Å². The third-order valence-corrected chi connectivity index (χ3v) is 3.53. The van der Waals surface area contributed by atoms with E-state index in [-0.39, 0.29) is 0 Å². The summed E-state index contributed by atoms with van der Waals surface area (Å²) in [6.45, 7) is 0. The van der Waals surface area contributed by atoms with Gasteiger partial charge < -0.3 is 0 Å². The minimum atomic E-state index is -4.79. The summed E-state index contributed by atoms with van der Waals surface area (Å²) in [7, 11) is 0. The van der Waals surface area contributed by atoms with Gasteiger partial charge in [0.2, 0.25) is 0 Å². The first-order valence-corrected chi connectivity index (χ1v) is 6.58. The summed E-state index contributed by atoms with van der Waals surface area (Å²) in [6, 6.07) is 5.10. The molecule has 0 bridgehead atoms. The fourth-order valence-corrected chi connectivity index (χ4v) is 2.65. The second-order valence-electron chi connectivity index (χ2n) is 4.07. The molecular weight excluding hydrogens is 411 g/mol. The molecule has 112 valence electrons. The Morgan fingerprint density at radius 1 is 0.810 bits per heavy atom. The molecule has 0 atom stereocenters. The van der Waals surface area contributed by atoms with Crippen molar-refractivity contribution < 1.29 is 26.3 Å². The molecule has 2 aromatic rings. The van der Waals surface area contributed by atoms with Crippen LogP contribution in [0, 0.1) is 3.70 Å². The summed E-state index contributed by atoms with van der Waals surface area (Å²) in [5.74, 6) is 0. The van der Waals surface area contributed by atoms with E-state index in [9.17, 15) is 26.3 Å². The van der Waals surface area contributed by atoms with E-state index in [1.165, 1.54) is 28.7 Å². The Balaban J connectivity index is 2.79. The van der Waals surface area contributed by atoms with Crippen LogP contribution in [0.4, 0.5) is 26.3 Å². The number of hydrogen-bond acceptors (Lipinski definition) is 1. The van der Waals surface area contributed by atoms with Crippen LogP contribution in [0.5, 0.6) is 0 Å². The molecule has 21 heavy (non-hydrogen) atoms. The average molecular weight is 417 g/mol. The van der Waals surface area contributed by atoms with Crippen molar-refractivity contribution in [2.75, 3.05) is 0 Å². The molecule has 0 spiro atoms. The Morgan fingerprint density at radius 3 is 2.00 bits per heavy atom. The van der Waals surface area contributed by atoms with Crippen molar-refractivity contribution in [2.24, 2.45) is 0 Å². The Labute approximate surface area is 129 Å². The van der Waals surface area contributed by atoms with E-state index >= 15 is 0 Å². The number of rotatable bonds is 1. The highest BCUT2D eigenvalue weighted by Crippen LogP contribution is 2.43. The molecule has 0 saturated carbocycles. The second-order valence-corrected chi connectivity index (χ2v) is 5.09. The minimum Gasteiger partial charge on any atom is -0.250 e. The number of hydrogen-bond donors (Lipinski definition) is 0. The van der Waals surface area contributed by atoms with Crippen LogP contribution in [-0.2, 0) is 12.4 Å². The molecule has 1 aromatic carbocycles. The van der Waals surface area contributed by atoms with Crippen LogP contribution < -0.4 is 0 Å². The maximum Gasteiger partial charge on any atom is 0.419 e. The molecular formula is C13H6F6IN. The second kappa shape index (κ2) is 5.47. The number of pyridine rings is 1. The lowest BCUT2D eigenvalue weighted by Crippen LogP contribution is -2.13. The van der Waals surface area contributed by atoms with E-state index in [1.54, 1.807) is 0 Å². The topological polar surface area (TPSA) is 12.9 Å². The molecule has 0 aliphatic carbocycles. The van der Waals surface area contributed by atoms with Gasteiger partial charge in [-0.3, -0.25) is 0 Å². The van der Waals surface area contributed by atoms with Crippen LogP contribution in [0.15, 0.2) is 36.5 Å². The van der Waals surface area contributed by atoms with Crippen LogP contribution >= 0.6 is 22.6 Å². The smallest absolute Gasteiger partial charge is 0.250 e. The Hall–Kier alpha value is -1.32. The van der Waals surface area contributed by atoms with Crippen molar-refractivity contribution >= 4 is 22.6 Å². The lowest BCUT2D eigenvalue weighted by molar-refractivity contribution is -0.140. The van der Waals surface area contributed by atoms with Gasteiger partial charge in [0.25, 0.3) is 0 Å². The van der Waals surface area contributed by atoms with Gasteiger partial charge in [-0.05, 0) is 45.9 Å². The standard InChI is InChI=1S/C13H6F6IN/c14-12(15,16)9-4-2-1-3-7(9)8-5-6-21-11(20)10(8)13(17,18)19/h1-6H. The highest BCUT2D eigenvalue weighted by atomic mass is 127. The van der Waals surface area contributed by atoms with Gasteiger partial charge in [0.05, 0.1) is 11.1 Å². The van der Waals surface area contributed by atoms with Gasteiger partial charge in [0.15, 0.2) is 0 Å². The van der Waals surface area contributed by atoms with E-state index in [0.717, 1.165) is 30.5 Å². The lowest BCUT2D eigenvalue weighted by atomic mass is 9.96. The summed E-state index contributed by atoms with van der Waals surface area (Å²) in [6.07, 6.45) is -8.48. The fourth-order valence-electron chi connectivity index (χ4n) is 1.90. The molecule has 1 aromatic heterocycles. The molecule has 0 aliphatic heterocycles. The van der Waals surface area contributed by atoms with Crippen LogP contribution in [0.3, 0.4) is 0 Å². The molecule has 0 N–H and O–H groups in total. The summed E-state index contributed by atoms with van der Waals surface area (Å²) >= 11 is 1.36. The van der Waals surface area contributed by atoms with Gasteiger partial charge in [-0.1, -0.05) is 18.2 Å². The van der Waals surface area contributed by atoms with Crippen molar-refractivity contribution in [1.29, 1.82) is 0 Å². The Morgan fingerprint density at radius 2 is 1.43 bits per heavy atom. The third-order valence-electron chi connectivity index (χ3n) is 2.71. The molecule has 2 rings (SSSR count). The molecule has 1 heterocycles. The first-order valence-electron chi connectivity index (χ1n) is 5.50. The Bertz CT molecular complexity index is 662. The number of aromatic nitrogens is 1. The molecule has 1 nitrogen and oxygen atoms in total. The number of benzene rings is 1. The average Bonchev–Trinajstić information content (AvgIpc) is 2.36. The van der Waals surface area contributed by atoms with E-state index in [4.69, 9.17) is 0 Å². The zero-order valence-corrected chi connectivity index (χ0v) is 12.2. The van der Waals surface area contributed by atoms with Gasteiger partial charge in [0, 0.05) is 6.20 Å². The highest BCUT2D eigenvalue weighted by molar-refractivity contribution is 14.1. The molecule has 0 amide bonds. The maximum atomic E-state index is 13.1. The van der Waals surface area contributed by atoms with Gasteiger partial charge in [-0.25, -0.2) is 4.98 Å². The van der Waals surface area contributed by atoms with Gasteiger partial charge in [-0.2, -0.15) is 26.3 Å². The molecule has 0 aliphatic rings. The predicted molar refractivity (Wildman–Crippen MR) is 72.4 cm³/mol. The summed E-state index contributed by atoms with van der Waals surface area (Å²) in [5, 5.41) is 0. The zero-order valence-electron chi connectivity index (χ0n) is 10.1. The van der Waals surface area contributed by atoms with Gasteiger partial charge >= 0.3 is 12.4 Å². The van der Waals surface area contributed by atoms with Crippen molar-refractivity contribution in [1.82, 2.24) is 4.98 Å². The van der Waals surface area contributed by atoms with E-state index < -0.39 is 38.3 Å². The molecule has 8 heteroatoms. The van der Waals surface area contributed by atoms with Crippen LogP contribution in [0.2, 0.25) is 0 Å². The summed E-state index contributed by atoms with van der Waals surface area (Å²) in [5.41, 5.74) is -3.33. The van der Waals surface area contributed by atoms with E-state index in [0.29, 0.717) is 0 Å². The van der Waals surface area contributed by atoms with Crippen LogP contribution in [0.1, 0.15) is 11.1 Å². The molecule has 0 saturated heterocycles. The third kappa shape index (κ3) is 3.30.